The summed E-state index contributed by atoms with van der Waals surface area (Å²) in [5.74, 6) is -2.95. The average Bonchev–Trinajstić information content (AvgIpc) is 2.64. The number of aliphatic hydroxyl groups excluding tert-OH is 2. The fourth-order valence-electron chi connectivity index (χ4n) is 1.54. The molecule has 0 aliphatic rings. The molecular formula is C16H14GeO7-2. The van der Waals surface area contributed by atoms with Crippen molar-refractivity contribution in [2.75, 3.05) is 0 Å². The molecule has 2 aromatic rings. The van der Waals surface area contributed by atoms with E-state index in [1.807, 2.05) is 0 Å². The maximum atomic E-state index is 10.1. The second kappa shape index (κ2) is 12.1. The van der Waals surface area contributed by atoms with Gasteiger partial charge in [0, 0.05) is 0 Å². The van der Waals surface area contributed by atoms with Crippen molar-refractivity contribution in [3.05, 3.63) is 71.8 Å². The Balaban J connectivity index is 0.000000400. The van der Waals surface area contributed by atoms with Crippen molar-refractivity contribution >= 4 is 28.4 Å². The zero-order valence-corrected chi connectivity index (χ0v) is 14.5. The van der Waals surface area contributed by atoms with E-state index < -0.39 is 24.1 Å². The van der Waals surface area contributed by atoms with Crippen molar-refractivity contribution in [2.24, 2.45) is 0 Å². The van der Waals surface area contributed by atoms with E-state index in [0.29, 0.717) is 11.1 Å². The van der Waals surface area contributed by atoms with E-state index in [0.717, 1.165) is 16.5 Å². The standard InChI is InChI=1S/2C8H8O3.GeO/c2*9-7(8(10)11)6-4-2-1-3-5-6;1-2/h2*1-5,7,9H,(H,10,11);/p-2. The Hall–Kier alpha value is -2.36. The number of aliphatic carboxylic acids is 2. The number of aliphatic hydroxyl groups is 2. The van der Waals surface area contributed by atoms with Crippen LogP contribution in [0.15, 0.2) is 60.7 Å². The fourth-order valence-corrected chi connectivity index (χ4v) is 1.54. The monoisotopic (exact) mass is 392 g/mol. The minimum absolute atomic E-state index is 0.340. The molecule has 0 amide bonds. The van der Waals surface area contributed by atoms with Crippen LogP contribution < -0.4 is 10.2 Å². The summed E-state index contributed by atoms with van der Waals surface area (Å²) in [6, 6.07) is 16.2. The van der Waals surface area contributed by atoms with Crippen LogP contribution in [0.2, 0.25) is 0 Å². The maximum absolute atomic E-state index is 10.1. The number of carboxylic acid groups (broad SMARTS) is 2. The Morgan fingerprint density at radius 1 is 0.708 bits per heavy atom. The van der Waals surface area contributed by atoms with Gasteiger partial charge in [-0.05, 0) is 11.1 Å². The van der Waals surface area contributed by atoms with Crippen LogP contribution in [0, 0.1) is 0 Å². The van der Waals surface area contributed by atoms with E-state index >= 15 is 0 Å². The normalized spacial score (nSPS) is 11.6. The number of hydrogen-bond acceptors (Lipinski definition) is 7. The summed E-state index contributed by atoms with van der Waals surface area (Å²) in [6.45, 7) is 0. The first-order chi connectivity index (χ1) is 11.4. The molecule has 0 saturated carbocycles. The summed E-state index contributed by atoms with van der Waals surface area (Å²) in [5.41, 5.74) is 0.681. The molecule has 126 valence electrons. The van der Waals surface area contributed by atoms with Gasteiger partial charge in [0.25, 0.3) is 0 Å². The summed E-state index contributed by atoms with van der Waals surface area (Å²) >= 11 is 0.750. The third-order valence-corrected chi connectivity index (χ3v) is 2.68. The molecule has 0 aliphatic carbocycles. The van der Waals surface area contributed by atoms with Gasteiger partial charge in [0.15, 0.2) is 0 Å². The third kappa shape index (κ3) is 7.77. The zero-order valence-electron chi connectivity index (χ0n) is 12.4. The van der Waals surface area contributed by atoms with Crippen molar-refractivity contribution in [3.8, 4) is 0 Å². The number of benzene rings is 2. The summed E-state index contributed by atoms with van der Waals surface area (Å²) in [6.07, 6.45) is -3.03. The molecule has 2 atom stereocenters. The van der Waals surface area contributed by atoms with Gasteiger partial charge in [-0.1, -0.05) is 60.7 Å². The number of hydrogen-bond donors (Lipinski definition) is 2. The van der Waals surface area contributed by atoms with Gasteiger partial charge in [-0.15, -0.1) is 0 Å². The zero-order chi connectivity index (χ0) is 18.5. The molecule has 0 bridgehead atoms. The van der Waals surface area contributed by atoms with Crippen molar-refractivity contribution < 1.29 is 33.8 Å². The Bertz CT molecular complexity index is 563. The topological polar surface area (TPSA) is 138 Å². The molecule has 0 aliphatic heterocycles. The molecule has 0 saturated heterocycles. The van der Waals surface area contributed by atoms with Gasteiger partial charge in [-0.2, -0.15) is 0 Å². The van der Waals surface area contributed by atoms with Gasteiger partial charge < -0.3 is 30.0 Å². The summed E-state index contributed by atoms with van der Waals surface area (Å²) in [7, 11) is 0. The Morgan fingerprint density at radius 3 is 1.17 bits per heavy atom. The molecule has 2 aromatic carbocycles. The van der Waals surface area contributed by atoms with E-state index in [9.17, 15) is 19.8 Å². The average molecular weight is 391 g/mol. The molecule has 2 N–H and O–H groups in total. The molecular weight excluding hydrogens is 377 g/mol. The molecule has 2 radical (unpaired) electrons. The second-order valence-corrected chi connectivity index (χ2v) is 4.26. The third-order valence-electron chi connectivity index (χ3n) is 2.68. The van der Waals surface area contributed by atoms with Crippen LogP contribution in [0.5, 0.6) is 0 Å². The number of carboxylic acids is 2. The number of rotatable bonds is 4. The second-order valence-electron chi connectivity index (χ2n) is 4.26. The van der Waals surface area contributed by atoms with Crippen LogP contribution in [-0.2, 0) is 13.4 Å². The summed E-state index contributed by atoms with van der Waals surface area (Å²) < 4.78 is 8.25. The van der Waals surface area contributed by atoms with Gasteiger partial charge in [0.1, 0.15) is 12.2 Å². The minimum atomic E-state index is -1.52. The van der Waals surface area contributed by atoms with Crippen LogP contribution in [0.4, 0.5) is 0 Å². The van der Waals surface area contributed by atoms with E-state index in [4.69, 9.17) is 14.0 Å². The predicted octanol–water partition coefficient (Wildman–Crippen LogP) is -1.56. The van der Waals surface area contributed by atoms with E-state index in [2.05, 4.69) is 0 Å². The quantitative estimate of drug-likeness (QED) is 0.602. The first-order valence-electron chi connectivity index (χ1n) is 6.51. The molecule has 8 heteroatoms. The van der Waals surface area contributed by atoms with Crippen LogP contribution >= 0.6 is 0 Å². The molecule has 2 unspecified atom stereocenters. The fraction of sp³-hybridized carbons (Fsp3) is 0.125. The van der Waals surface area contributed by atoms with Crippen LogP contribution in [-0.4, -0.2) is 38.6 Å². The van der Waals surface area contributed by atoms with E-state index in [1.54, 1.807) is 36.4 Å². The molecule has 0 spiro atoms. The number of carbonyl (C=O) groups excluding carboxylic acids is 2. The van der Waals surface area contributed by atoms with E-state index in [1.165, 1.54) is 24.3 Å². The molecule has 2 rings (SSSR count). The Kier molecular flexibility index (Phi) is 10.9. The van der Waals surface area contributed by atoms with Gasteiger partial charge in [-0.3, -0.25) is 0 Å². The number of carbonyl (C=O) groups is 2. The molecule has 7 nitrogen and oxygen atoms in total. The van der Waals surface area contributed by atoms with Crippen LogP contribution in [0.1, 0.15) is 23.3 Å². The predicted molar refractivity (Wildman–Crippen MR) is 79.3 cm³/mol. The van der Waals surface area contributed by atoms with Crippen molar-refractivity contribution in [1.29, 1.82) is 0 Å². The summed E-state index contributed by atoms with van der Waals surface area (Å²) in [4.78, 5) is 20.3. The van der Waals surface area contributed by atoms with Crippen LogP contribution in [0.25, 0.3) is 0 Å². The first kappa shape index (κ1) is 21.6. The molecule has 0 fully saturated rings. The van der Waals surface area contributed by atoms with Crippen molar-refractivity contribution in [3.63, 3.8) is 0 Å². The molecule has 0 aromatic heterocycles. The van der Waals surface area contributed by atoms with Crippen molar-refractivity contribution in [1.82, 2.24) is 0 Å². The summed E-state index contributed by atoms with van der Waals surface area (Å²) in [5, 5.41) is 38.1. The van der Waals surface area contributed by atoms with Gasteiger partial charge in [-0.25, -0.2) is 0 Å². The molecule has 24 heavy (non-hydrogen) atoms. The Morgan fingerprint density at radius 2 is 0.958 bits per heavy atom. The SMILES string of the molecule is O=C([O-])C(O)c1ccccc1.O=C([O-])C(O)c1ccccc1.[O]=[Ge]. The van der Waals surface area contributed by atoms with Crippen molar-refractivity contribution in [2.45, 2.75) is 12.2 Å². The molecule has 0 heterocycles. The Labute approximate surface area is 146 Å². The van der Waals surface area contributed by atoms with Gasteiger partial charge >= 0.3 is 20.2 Å². The van der Waals surface area contributed by atoms with E-state index in [-0.39, 0.29) is 0 Å². The first-order valence-corrected chi connectivity index (χ1v) is 7.37. The van der Waals surface area contributed by atoms with Gasteiger partial charge in [0.2, 0.25) is 0 Å². The van der Waals surface area contributed by atoms with Gasteiger partial charge in [0.05, 0.1) is 11.9 Å². The van der Waals surface area contributed by atoms with Crippen LogP contribution in [0.3, 0.4) is 0 Å².